The molecular weight excluding hydrogens is 457 g/mol. The van der Waals surface area contributed by atoms with E-state index in [1.807, 2.05) is 13.0 Å². The molecule has 0 saturated carbocycles. The average Bonchev–Trinajstić information content (AvgIpc) is 2.64. The molecule has 0 aliphatic rings. The Bertz CT molecular complexity index is 883. The largest absolute Gasteiger partial charge is 0.493 e. The second-order valence-corrected chi connectivity index (χ2v) is 6.99. The maximum absolute atomic E-state index is 12.4. The Morgan fingerprint density at radius 2 is 1.89 bits per heavy atom. The van der Waals surface area contributed by atoms with E-state index in [0.717, 1.165) is 5.56 Å². The number of alkyl halides is 1. The summed E-state index contributed by atoms with van der Waals surface area (Å²) in [4.78, 5) is 24.4. The first-order valence-electron chi connectivity index (χ1n) is 8.49. The normalized spacial score (nSPS) is 10.7. The fourth-order valence-electron chi connectivity index (χ4n) is 2.62. The van der Waals surface area contributed by atoms with Crippen LogP contribution in [0.25, 0.3) is 0 Å². The van der Waals surface area contributed by atoms with Gasteiger partial charge in [-0.3, -0.25) is 4.79 Å². The Labute approximate surface area is 176 Å². The Hall–Kier alpha value is -1.50. The molecule has 0 atom stereocenters. The van der Waals surface area contributed by atoms with Crippen molar-refractivity contribution in [2.75, 3.05) is 13.2 Å². The number of hydrogen-bond acceptors (Lipinski definition) is 4. The summed E-state index contributed by atoms with van der Waals surface area (Å²) in [5.41, 5.74) is 1.67. The van der Waals surface area contributed by atoms with E-state index in [9.17, 15) is 9.59 Å². The zero-order valence-electron chi connectivity index (χ0n) is 15.1. The molecule has 27 heavy (non-hydrogen) atoms. The molecule has 0 N–H and O–H groups in total. The van der Waals surface area contributed by atoms with Crippen LogP contribution in [0.2, 0.25) is 10.0 Å². The van der Waals surface area contributed by atoms with Gasteiger partial charge in [-0.05, 0) is 44.0 Å². The molecule has 146 valence electrons. The molecule has 0 bridgehead atoms. The summed E-state index contributed by atoms with van der Waals surface area (Å²) in [5, 5.41) is 0.950. The topological polar surface area (TPSA) is 57.5 Å². The number of carbonyl (C=O) groups is 1. The number of halogens is 3. The van der Waals surface area contributed by atoms with Crippen LogP contribution in [0.4, 0.5) is 0 Å². The number of rotatable bonds is 8. The van der Waals surface area contributed by atoms with E-state index in [1.54, 1.807) is 23.6 Å². The van der Waals surface area contributed by atoms with E-state index in [2.05, 4.69) is 15.9 Å². The number of pyridine rings is 1. The lowest BCUT2D eigenvalue weighted by Crippen LogP contribution is -2.25. The molecule has 0 spiro atoms. The maximum Gasteiger partial charge on any atom is 0.341 e. The molecule has 0 radical (unpaired) electrons. The number of carbonyl (C=O) groups excluding carboxylic acids is 1. The van der Waals surface area contributed by atoms with Crippen LogP contribution in [0.3, 0.4) is 0 Å². The summed E-state index contributed by atoms with van der Waals surface area (Å²) < 4.78 is 12.2. The smallest absolute Gasteiger partial charge is 0.341 e. The van der Waals surface area contributed by atoms with Gasteiger partial charge in [0.05, 0.1) is 23.9 Å². The van der Waals surface area contributed by atoms with E-state index >= 15 is 0 Å². The Kier molecular flexibility index (Phi) is 8.20. The second kappa shape index (κ2) is 10.2. The first kappa shape index (κ1) is 21.8. The Morgan fingerprint density at radius 1 is 1.15 bits per heavy atom. The summed E-state index contributed by atoms with van der Waals surface area (Å²) in [6, 6.07) is 6.75. The zero-order valence-corrected chi connectivity index (χ0v) is 18.2. The van der Waals surface area contributed by atoms with Gasteiger partial charge in [-0.2, -0.15) is 0 Å². The molecule has 0 fully saturated rings. The minimum absolute atomic E-state index is 0.0809. The summed E-state index contributed by atoms with van der Waals surface area (Å²) in [6.45, 7) is 4.70. The SMILES string of the molecule is CCOC(=O)c1ccc(CCn2c(CBr)c(Cl)cc(Cl)c2=O)cc1OCC. The second-order valence-electron chi connectivity index (χ2n) is 5.61. The van der Waals surface area contributed by atoms with Crippen molar-refractivity contribution in [2.24, 2.45) is 0 Å². The van der Waals surface area contributed by atoms with E-state index in [4.69, 9.17) is 32.7 Å². The molecule has 1 aromatic carbocycles. The van der Waals surface area contributed by atoms with Crippen molar-refractivity contribution in [3.63, 3.8) is 0 Å². The molecule has 1 aromatic heterocycles. The van der Waals surface area contributed by atoms with E-state index in [1.165, 1.54) is 6.07 Å². The van der Waals surface area contributed by atoms with Gasteiger partial charge in [0.2, 0.25) is 0 Å². The fraction of sp³-hybridized carbons (Fsp3) is 0.368. The third kappa shape index (κ3) is 5.27. The van der Waals surface area contributed by atoms with Crippen LogP contribution in [0.1, 0.15) is 35.5 Å². The van der Waals surface area contributed by atoms with Crippen molar-refractivity contribution in [3.8, 4) is 5.75 Å². The Balaban J connectivity index is 2.30. The standard InChI is InChI=1S/C19H20BrCl2NO4/c1-3-26-17-9-12(5-6-13(17)19(25)27-4-2)7-8-23-16(11-20)14(21)10-15(22)18(23)24/h5-6,9-10H,3-4,7-8,11H2,1-2H3. The lowest BCUT2D eigenvalue weighted by Gasteiger charge is -2.15. The number of ether oxygens (including phenoxy) is 2. The van der Waals surface area contributed by atoms with Gasteiger partial charge in [-0.15, -0.1) is 0 Å². The van der Waals surface area contributed by atoms with Crippen molar-refractivity contribution < 1.29 is 14.3 Å². The number of benzene rings is 1. The van der Waals surface area contributed by atoms with Crippen molar-refractivity contribution in [1.29, 1.82) is 0 Å². The maximum atomic E-state index is 12.4. The molecule has 0 saturated heterocycles. The highest BCUT2D eigenvalue weighted by molar-refractivity contribution is 9.08. The molecular formula is C19H20BrCl2NO4. The van der Waals surface area contributed by atoms with Gasteiger partial charge >= 0.3 is 5.97 Å². The number of aromatic nitrogens is 1. The van der Waals surface area contributed by atoms with Gasteiger partial charge in [-0.1, -0.05) is 45.2 Å². The number of esters is 1. The van der Waals surface area contributed by atoms with Gasteiger partial charge in [0.15, 0.2) is 0 Å². The van der Waals surface area contributed by atoms with Gasteiger partial charge < -0.3 is 14.0 Å². The van der Waals surface area contributed by atoms with Gasteiger partial charge in [0, 0.05) is 11.9 Å². The molecule has 5 nitrogen and oxygen atoms in total. The monoisotopic (exact) mass is 475 g/mol. The molecule has 0 unspecified atom stereocenters. The summed E-state index contributed by atoms with van der Waals surface area (Å²) >= 11 is 15.5. The van der Waals surface area contributed by atoms with Crippen molar-refractivity contribution in [2.45, 2.75) is 32.1 Å². The molecule has 0 aliphatic heterocycles. The van der Waals surface area contributed by atoms with Crippen molar-refractivity contribution >= 4 is 45.1 Å². The first-order valence-corrected chi connectivity index (χ1v) is 10.4. The predicted octanol–water partition coefficient (Wildman–Crippen LogP) is 4.87. The highest BCUT2D eigenvalue weighted by Gasteiger charge is 2.16. The predicted molar refractivity (Wildman–Crippen MR) is 111 cm³/mol. The van der Waals surface area contributed by atoms with Crippen LogP contribution in [0.5, 0.6) is 5.75 Å². The van der Waals surface area contributed by atoms with Crippen LogP contribution >= 0.6 is 39.1 Å². The fourth-order valence-corrected chi connectivity index (χ4v) is 3.94. The molecule has 1 heterocycles. The van der Waals surface area contributed by atoms with Gasteiger partial charge in [0.1, 0.15) is 16.3 Å². The van der Waals surface area contributed by atoms with E-state index in [0.29, 0.717) is 53.5 Å². The zero-order chi connectivity index (χ0) is 20.0. The first-order chi connectivity index (χ1) is 12.9. The molecule has 0 amide bonds. The third-order valence-corrected chi connectivity index (χ3v) is 5.03. The number of aryl methyl sites for hydroxylation is 1. The summed E-state index contributed by atoms with van der Waals surface area (Å²) in [7, 11) is 0. The van der Waals surface area contributed by atoms with Crippen LogP contribution in [0.15, 0.2) is 29.1 Å². The minimum Gasteiger partial charge on any atom is -0.493 e. The van der Waals surface area contributed by atoms with E-state index < -0.39 is 5.97 Å². The number of hydrogen-bond donors (Lipinski definition) is 0. The third-order valence-electron chi connectivity index (χ3n) is 3.90. The van der Waals surface area contributed by atoms with E-state index in [-0.39, 0.29) is 10.6 Å². The minimum atomic E-state index is -0.424. The molecule has 0 aliphatic carbocycles. The highest BCUT2D eigenvalue weighted by atomic mass is 79.9. The lowest BCUT2D eigenvalue weighted by molar-refractivity contribution is 0.0522. The molecule has 2 aromatic rings. The van der Waals surface area contributed by atoms with Gasteiger partial charge in [0.25, 0.3) is 5.56 Å². The van der Waals surface area contributed by atoms with Crippen LogP contribution in [0, 0.1) is 0 Å². The van der Waals surface area contributed by atoms with Crippen molar-refractivity contribution in [1.82, 2.24) is 4.57 Å². The summed E-state index contributed by atoms with van der Waals surface area (Å²) in [5.74, 6) is 0.0394. The van der Waals surface area contributed by atoms with Crippen LogP contribution in [-0.2, 0) is 23.0 Å². The molecule has 8 heteroatoms. The Morgan fingerprint density at radius 3 is 2.52 bits per heavy atom. The average molecular weight is 477 g/mol. The van der Waals surface area contributed by atoms with Crippen molar-refractivity contribution in [3.05, 3.63) is 61.5 Å². The quantitative estimate of drug-likeness (QED) is 0.403. The summed E-state index contributed by atoms with van der Waals surface area (Å²) in [6.07, 6.45) is 0.541. The lowest BCUT2D eigenvalue weighted by atomic mass is 10.1. The highest BCUT2D eigenvalue weighted by Crippen LogP contribution is 2.24. The van der Waals surface area contributed by atoms with Crippen LogP contribution in [-0.4, -0.2) is 23.8 Å². The number of nitrogens with zero attached hydrogens (tertiary/aromatic N) is 1. The van der Waals surface area contributed by atoms with Crippen LogP contribution < -0.4 is 10.3 Å². The van der Waals surface area contributed by atoms with Gasteiger partial charge in [-0.25, -0.2) is 4.79 Å². The molecule has 2 rings (SSSR count).